The van der Waals surface area contributed by atoms with Crippen molar-refractivity contribution in [3.05, 3.63) is 45.8 Å². The Bertz CT molecular complexity index is 965. The SMILES string of the molecule is CCCCN(C)C(=O)C1CCN(C(=O)c2nnn(-c3cccc([N+](=O)[O-])c3)c2C)CC1. The molecule has 1 fully saturated rings. The highest BCUT2D eigenvalue weighted by atomic mass is 16.6. The van der Waals surface area contributed by atoms with Crippen molar-refractivity contribution < 1.29 is 14.5 Å². The van der Waals surface area contributed by atoms with Crippen LogP contribution < -0.4 is 0 Å². The molecule has 0 bridgehead atoms. The van der Waals surface area contributed by atoms with Crippen LogP contribution in [0.5, 0.6) is 0 Å². The summed E-state index contributed by atoms with van der Waals surface area (Å²) < 4.78 is 1.43. The standard InChI is InChI=1S/C21H28N6O4/c1-4-5-11-24(3)20(28)16-9-12-25(13-10-16)21(29)19-15(2)26(23-22-19)17-7-6-8-18(14-17)27(30)31/h6-8,14,16H,4-5,9-13H2,1-3H3. The van der Waals surface area contributed by atoms with Gasteiger partial charge in [-0.1, -0.05) is 24.6 Å². The summed E-state index contributed by atoms with van der Waals surface area (Å²) in [6.45, 7) is 5.54. The van der Waals surface area contributed by atoms with Crippen LogP contribution >= 0.6 is 0 Å². The first kappa shape index (κ1) is 22.4. The Morgan fingerprint density at radius 2 is 2.00 bits per heavy atom. The van der Waals surface area contributed by atoms with E-state index in [2.05, 4.69) is 17.2 Å². The van der Waals surface area contributed by atoms with Gasteiger partial charge in [0.25, 0.3) is 11.6 Å². The van der Waals surface area contributed by atoms with Crippen LogP contribution in [0.2, 0.25) is 0 Å². The molecular formula is C21H28N6O4. The lowest BCUT2D eigenvalue weighted by Gasteiger charge is -2.33. The number of nitrogens with zero attached hydrogens (tertiary/aromatic N) is 6. The summed E-state index contributed by atoms with van der Waals surface area (Å²) in [4.78, 5) is 39.6. The van der Waals surface area contributed by atoms with Gasteiger partial charge in [-0.05, 0) is 32.3 Å². The first-order valence-electron chi connectivity index (χ1n) is 10.5. The molecule has 1 aliphatic heterocycles. The fourth-order valence-electron chi connectivity index (χ4n) is 3.81. The van der Waals surface area contributed by atoms with Gasteiger partial charge in [0, 0.05) is 44.7 Å². The Hall–Kier alpha value is -3.30. The number of hydrogen-bond donors (Lipinski definition) is 0. The van der Waals surface area contributed by atoms with Crippen LogP contribution in [0.15, 0.2) is 24.3 Å². The second-order valence-corrected chi connectivity index (χ2v) is 7.89. The lowest BCUT2D eigenvalue weighted by Crippen LogP contribution is -2.44. The summed E-state index contributed by atoms with van der Waals surface area (Å²) in [5, 5.41) is 19.1. The number of unbranched alkanes of at least 4 members (excludes halogenated alkanes) is 1. The average Bonchev–Trinajstić information content (AvgIpc) is 3.17. The highest BCUT2D eigenvalue weighted by molar-refractivity contribution is 5.93. The van der Waals surface area contributed by atoms with E-state index < -0.39 is 4.92 Å². The topological polar surface area (TPSA) is 114 Å². The van der Waals surface area contributed by atoms with Gasteiger partial charge in [-0.15, -0.1) is 5.10 Å². The molecule has 1 aliphatic rings. The molecule has 3 rings (SSSR count). The Morgan fingerprint density at radius 1 is 1.29 bits per heavy atom. The summed E-state index contributed by atoms with van der Waals surface area (Å²) in [5.41, 5.74) is 1.15. The van der Waals surface area contributed by atoms with Crippen LogP contribution in [0.1, 0.15) is 48.8 Å². The number of piperidine rings is 1. The van der Waals surface area contributed by atoms with E-state index in [0.29, 0.717) is 37.3 Å². The van der Waals surface area contributed by atoms with Gasteiger partial charge < -0.3 is 9.80 Å². The van der Waals surface area contributed by atoms with Crippen molar-refractivity contribution in [1.29, 1.82) is 0 Å². The predicted molar refractivity (Wildman–Crippen MR) is 114 cm³/mol. The molecule has 0 atom stereocenters. The van der Waals surface area contributed by atoms with Gasteiger partial charge in [-0.3, -0.25) is 19.7 Å². The maximum absolute atomic E-state index is 13.0. The zero-order chi connectivity index (χ0) is 22.5. The van der Waals surface area contributed by atoms with Gasteiger partial charge in [0.2, 0.25) is 5.91 Å². The maximum Gasteiger partial charge on any atom is 0.276 e. The number of rotatable bonds is 7. The van der Waals surface area contributed by atoms with Gasteiger partial charge >= 0.3 is 0 Å². The van der Waals surface area contributed by atoms with Crippen molar-refractivity contribution in [2.45, 2.75) is 39.5 Å². The largest absolute Gasteiger partial charge is 0.346 e. The maximum atomic E-state index is 13.0. The molecule has 0 saturated carbocycles. The minimum Gasteiger partial charge on any atom is -0.346 e. The second kappa shape index (κ2) is 9.67. The average molecular weight is 428 g/mol. The highest BCUT2D eigenvalue weighted by Gasteiger charge is 2.31. The summed E-state index contributed by atoms with van der Waals surface area (Å²) in [6.07, 6.45) is 3.28. The van der Waals surface area contributed by atoms with Crippen LogP contribution in [0, 0.1) is 23.0 Å². The van der Waals surface area contributed by atoms with Crippen molar-refractivity contribution in [1.82, 2.24) is 24.8 Å². The third-order valence-electron chi connectivity index (χ3n) is 5.74. The molecule has 1 aromatic carbocycles. The molecule has 2 aromatic rings. The van der Waals surface area contributed by atoms with Crippen molar-refractivity contribution in [3.8, 4) is 5.69 Å². The van der Waals surface area contributed by atoms with Crippen molar-refractivity contribution in [3.63, 3.8) is 0 Å². The number of non-ortho nitro benzene ring substituents is 1. The monoisotopic (exact) mass is 428 g/mol. The van der Waals surface area contributed by atoms with Crippen LogP contribution in [-0.4, -0.2) is 68.2 Å². The zero-order valence-electron chi connectivity index (χ0n) is 18.2. The molecule has 2 heterocycles. The van der Waals surface area contributed by atoms with Gasteiger partial charge in [-0.2, -0.15) is 0 Å². The predicted octanol–water partition coefficient (Wildman–Crippen LogP) is 2.59. The molecule has 2 amide bonds. The van der Waals surface area contributed by atoms with E-state index in [9.17, 15) is 19.7 Å². The number of nitro benzene ring substituents is 1. The Balaban J connectivity index is 1.66. The van der Waals surface area contributed by atoms with E-state index in [-0.39, 0.29) is 29.1 Å². The summed E-state index contributed by atoms with van der Waals surface area (Å²) in [7, 11) is 1.84. The van der Waals surface area contributed by atoms with Crippen molar-refractivity contribution in [2.75, 3.05) is 26.7 Å². The molecule has 0 aliphatic carbocycles. The van der Waals surface area contributed by atoms with E-state index in [1.165, 1.54) is 16.8 Å². The quantitative estimate of drug-likeness (QED) is 0.495. The number of hydrogen-bond acceptors (Lipinski definition) is 6. The van der Waals surface area contributed by atoms with E-state index in [0.717, 1.165) is 19.4 Å². The molecule has 1 saturated heterocycles. The third kappa shape index (κ3) is 4.89. The first-order chi connectivity index (χ1) is 14.8. The Kier molecular flexibility index (Phi) is 6.98. The summed E-state index contributed by atoms with van der Waals surface area (Å²) >= 11 is 0. The normalized spacial score (nSPS) is 14.5. The molecule has 10 nitrogen and oxygen atoms in total. The number of amides is 2. The minimum atomic E-state index is -0.479. The molecule has 0 N–H and O–H groups in total. The van der Waals surface area contributed by atoms with Crippen molar-refractivity contribution in [2.24, 2.45) is 5.92 Å². The number of likely N-dealkylation sites (tertiary alicyclic amines) is 1. The first-order valence-corrected chi connectivity index (χ1v) is 10.5. The van der Waals surface area contributed by atoms with Crippen LogP contribution in [0.25, 0.3) is 5.69 Å². The second-order valence-electron chi connectivity index (χ2n) is 7.89. The van der Waals surface area contributed by atoms with Gasteiger partial charge in [0.1, 0.15) is 0 Å². The molecule has 0 radical (unpaired) electrons. The minimum absolute atomic E-state index is 0.0593. The van der Waals surface area contributed by atoms with Crippen LogP contribution in [0.4, 0.5) is 5.69 Å². The van der Waals surface area contributed by atoms with Crippen LogP contribution in [0.3, 0.4) is 0 Å². The molecule has 166 valence electrons. The molecule has 0 unspecified atom stereocenters. The lowest BCUT2D eigenvalue weighted by atomic mass is 9.95. The molecular weight excluding hydrogens is 400 g/mol. The number of nitro groups is 1. The molecule has 0 spiro atoms. The smallest absolute Gasteiger partial charge is 0.276 e. The zero-order valence-corrected chi connectivity index (χ0v) is 18.2. The third-order valence-corrected chi connectivity index (χ3v) is 5.74. The van der Waals surface area contributed by atoms with Crippen LogP contribution in [-0.2, 0) is 4.79 Å². The van der Waals surface area contributed by atoms with Crippen molar-refractivity contribution >= 4 is 17.5 Å². The fourth-order valence-corrected chi connectivity index (χ4v) is 3.81. The molecule has 10 heteroatoms. The van der Waals surface area contributed by atoms with E-state index >= 15 is 0 Å². The van der Waals surface area contributed by atoms with Gasteiger partial charge in [0.05, 0.1) is 16.3 Å². The van der Waals surface area contributed by atoms with Gasteiger partial charge in [0.15, 0.2) is 5.69 Å². The van der Waals surface area contributed by atoms with E-state index in [4.69, 9.17) is 0 Å². The number of carbonyl (C=O) groups is 2. The fraction of sp³-hybridized carbons (Fsp3) is 0.524. The number of benzene rings is 1. The number of carbonyl (C=O) groups excluding carboxylic acids is 2. The summed E-state index contributed by atoms with van der Waals surface area (Å²) in [5.74, 6) is -0.152. The number of aromatic nitrogens is 3. The van der Waals surface area contributed by atoms with Gasteiger partial charge in [-0.25, -0.2) is 4.68 Å². The van der Waals surface area contributed by atoms with E-state index in [1.807, 2.05) is 7.05 Å². The lowest BCUT2D eigenvalue weighted by molar-refractivity contribution is -0.384. The van der Waals surface area contributed by atoms with E-state index in [1.54, 1.807) is 28.9 Å². The Morgan fingerprint density at radius 3 is 2.65 bits per heavy atom. The molecule has 1 aromatic heterocycles. The summed E-state index contributed by atoms with van der Waals surface area (Å²) in [6, 6.07) is 6.03. The molecule has 31 heavy (non-hydrogen) atoms. The highest BCUT2D eigenvalue weighted by Crippen LogP contribution is 2.23. The Labute approximate surface area is 181 Å².